The van der Waals surface area contributed by atoms with Gasteiger partial charge in [0.25, 0.3) is 0 Å². The van der Waals surface area contributed by atoms with E-state index < -0.39 is 5.95 Å². The van der Waals surface area contributed by atoms with Crippen LogP contribution in [0.1, 0.15) is 0 Å². The smallest absolute Gasteiger partial charge is 0.225 e. The Morgan fingerprint density at radius 2 is 2.00 bits per heavy atom. The first-order chi connectivity index (χ1) is 7.25. The summed E-state index contributed by atoms with van der Waals surface area (Å²) >= 11 is 2.13. The molecule has 1 heterocycles. The van der Waals surface area contributed by atoms with Gasteiger partial charge in [0.2, 0.25) is 11.8 Å². The maximum absolute atomic E-state index is 12.7. The highest BCUT2D eigenvalue weighted by molar-refractivity contribution is 14.1. The van der Waals surface area contributed by atoms with Gasteiger partial charge in [-0.1, -0.05) is 12.1 Å². The Labute approximate surface area is 99.5 Å². The quantitative estimate of drug-likeness (QED) is 0.631. The first-order valence-electron chi connectivity index (χ1n) is 4.15. The predicted octanol–water partition coefficient (Wildman–Crippen LogP) is 3.01. The van der Waals surface area contributed by atoms with Crippen molar-refractivity contribution in [3.05, 3.63) is 46.2 Å². The second kappa shape index (κ2) is 4.52. The maximum Gasteiger partial charge on any atom is 0.225 e. The molecule has 5 heteroatoms. The SMILES string of the molecule is Fc1cc(Oc2ccccc2I)ncn1. The minimum Gasteiger partial charge on any atom is -0.438 e. The van der Waals surface area contributed by atoms with Crippen LogP contribution in [0.3, 0.4) is 0 Å². The van der Waals surface area contributed by atoms with Gasteiger partial charge in [-0.05, 0) is 34.7 Å². The number of aromatic nitrogens is 2. The van der Waals surface area contributed by atoms with Gasteiger partial charge in [0.15, 0.2) is 0 Å². The summed E-state index contributed by atoms with van der Waals surface area (Å²) < 4.78 is 19.1. The molecule has 3 nitrogen and oxygen atoms in total. The lowest BCUT2D eigenvalue weighted by Gasteiger charge is -2.05. The average molecular weight is 316 g/mol. The molecule has 0 fully saturated rings. The summed E-state index contributed by atoms with van der Waals surface area (Å²) in [7, 11) is 0. The summed E-state index contributed by atoms with van der Waals surface area (Å²) in [4.78, 5) is 7.14. The van der Waals surface area contributed by atoms with Crippen LogP contribution in [0.4, 0.5) is 4.39 Å². The van der Waals surface area contributed by atoms with E-state index in [9.17, 15) is 4.39 Å². The third-order valence-corrected chi connectivity index (χ3v) is 2.55. The highest BCUT2D eigenvalue weighted by atomic mass is 127. The van der Waals surface area contributed by atoms with E-state index in [-0.39, 0.29) is 5.88 Å². The second-order valence-corrected chi connectivity index (χ2v) is 3.87. The Morgan fingerprint density at radius 3 is 2.73 bits per heavy atom. The highest BCUT2D eigenvalue weighted by Gasteiger charge is 2.03. The zero-order chi connectivity index (χ0) is 10.7. The van der Waals surface area contributed by atoms with Crippen LogP contribution in [0.25, 0.3) is 0 Å². The Hall–Kier alpha value is -1.24. The fourth-order valence-corrected chi connectivity index (χ4v) is 1.51. The fourth-order valence-electron chi connectivity index (χ4n) is 1.01. The van der Waals surface area contributed by atoms with Gasteiger partial charge in [0.1, 0.15) is 12.1 Å². The summed E-state index contributed by atoms with van der Waals surface area (Å²) in [5.74, 6) is 0.244. The van der Waals surface area contributed by atoms with Gasteiger partial charge in [-0.15, -0.1) is 0 Å². The molecule has 2 rings (SSSR count). The molecule has 0 amide bonds. The van der Waals surface area contributed by atoms with Crippen LogP contribution in [0.2, 0.25) is 0 Å². The van der Waals surface area contributed by atoms with E-state index >= 15 is 0 Å². The van der Waals surface area contributed by atoms with Crippen molar-refractivity contribution in [3.8, 4) is 11.6 Å². The number of halogens is 2. The minimum atomic E-state index is -0.606. The van der Waals surface area contributed by atoms with Gasteiger partial charge in [-0.2, -0.15) is 4.39 Å². The molecular formula is C10H6FIN2O. The molecule has 0 aliphatic carbocycles. The monoisotopic (exact) mass is 316 g/mol. The third-order valence-electron chi connectivity index (χ3n) is 1.66. The average Bonchev–Trinajstić information content (AvgIpc) is 2.22. The Morgan fingerprint density at radius 1 is 1.20 bits per heavy atom. The molecule has 2 aromatic rings. The molecular weight excluding hydrogens is 310 g/mol. The van der Waals surface area contributed by atoms with Crippen LogP contribution in [0, 0.1) is 9.52 Å². The number of benzene rings is 1. The van der Waals surface area contributed by atoms with Crippen molar-refractivity contribution < 1.29 is 9.13 Å². The Kier molecular flexibility index (Phi) is 3.10. The number of rotatable bonds is 2. The largest absolute Gasteiger partial charge is 0.438 e. The van der Waals surface area contributed by atoms with Gasteiger partial charge in [0, 0.05) is 0 Å². The molecule has 76 valence electrons. The van der Waals surface area contributed by atoms with Crippen LogP contribution < -0.4 is 4.74 Å². The van der Waals surface area contributed by atoms with Crippen LogP contribution in [-0.2, 0) is 0 Å². The van der Waals surface area contributed by atoms with Gasteiger partial charge in [-0.25, -0.2) is 9.97 Å². The number of ether oxygens (including phenoxy) is 1. The van der Waals surface area contributed by atoms with Gasteiger partial charge >= 0.3 is 0 Å². The van der Waals surface area contributed by atoms with Crippen LogP contribution in [0.15, 0.2) is 36.7 Å². The van der Waals surface area contributed by atoms with E-state index in [1.54, 1.807) is 6.07 Å². The summed E-state index contributed by atoms with van der Waals surface area (Å²) in [6.45, 7) is 0. The standard InChI is InChI=1S/C10H6FIN2O/c11-9-5-10(14-6-13-9)15-8-4-2-1-3-7(8)12/h1-6H. The molecule has 0 spiro atoms. The number of hydrogen-bond donors (Lipinski definition) is 0. The Bertz CT molecular complexity index is 478. The van der Waals surface area contributed by atoms with Crippen molar-refractivity contribution in [2.45, 2.75) is 0 Å². The number of para-hydroxylation sites is 1. The van der Waals surface area contributed by atoms with Gasteiger partial charge < -0.3 is 4.74 Å². The molecule has 0 saturated heterocycles. The summed E-state index contributed by atoms with van der Waals surface area (Å²) in [5, 5.41) is 0. The first-order valence-corrected chi connectivity index (χ1v) is 5.23. The lowest BCUT2D eigenvalue weighted by molar-refractivity contribution is 0.448. The van der Waals surface area contributed by atoms with E-state index in [4.69, 9.17) is 4.74 Å². The van der Waals surface area contributed by atoms with Crippen molar-refractivity contribution >= 4 is 22.6 Å². The lowest BCUT2D eigenvalue weighted by atomic mass is 10.3. The van der Waals surface area contributed by atoms with Crippen LogP contribution in [-0.4, -0.2) is 9.97 Å². The van der Waals surface area contributed by atoms with E-state index in [1.165, 1.54) is 0 Å². The molecule has 15 heavy (non-hydrogen) atoms. The first kappa shape index (κ1) is 10.3. The van der Waals surface area contributed by atoms with Crippen molar-refractivity contribution in [1.29, 1.82) is 0 Å². The van der Waals surface area contributed by atoms with E-state index in [0.29, 0.717) is 5.75 Å². The van der Waals surface area contributed by atoms with Crippen molar-refractivity contribution in [2.75, 3.05) is 0 Å². The van der Waals surface area contributed by atoms with Crippen molar-refractivity contribution in [3.63, 3.8) is 0 Å². The summed E-state index contributed by atoms with van der Waals surface area (Å²) in [6, 6.07) is 8.57. The van der Waals surface area contributed by atoms with Crippen molar-refractivity contribution in [2.24, 2.45) is 0 Å². The summed E-state index contributed by atoms with van der Waals surface area (Å²) in [6.07, 6.45) is 1.13. The zero-order valence-electron chi connectivity index (χ0n) is 7.52. The van der Waals surface area contributed by atoms with Gasteiger partial charge in [0.05, 0.1) is 9.64 Å². The van der Waals surface area contributed by atoms with Crippen LogP contribution in [0.5, 0.6) is 11.6 Å². The molecule has 0 atom stereocenters. The molecule has 0 unspecified atom stereocenters. The third kappa shape index (κ3) is 2.62. The highest BCUT2D eigenvalue weighted by Crippen LogP contribution is 2.24. The predicted molar refractivity (Wildman–Crippen MR) is 61.2 cm³/mol. The topological polar surface area (TPSA) is 35.0 Å². The Balaban J connectivity index is 2.26. The van der Waals surface area contributed by atoms with Crippen molar-refractivity contribution in [1.82, 2.24) is 9.97 Å². The fraction of sp³-hybridized carbons (Fsp3) is 0. The van der Waals surface area contributed by atoms with E-state index in [0.717, 1.165) is 16.0 Å². The van der Waals surface area contributed by atoms with Crippen LogP contribution >= 0.6 is 22.6 Å². The molecule has 0 radical (unpaired) electrons. The lowest BCUT2D eigenvalue weighted by Crippen LogP contribution is -1.92. The molecule has 0 bridgehead atoms. The molecule has 1 aromatic carbocycles. The molecule has 0 N–H and O–H groups in total. The second-order valence-electron chi connectivity index (χ2n) is 2.71. The molecule has 0 saturated carbocycles. The molecule has 0 aliphatic rings. The van der Waals surface area contributed by atoms with E-state index in [2.05, 4.69) is 32.6 Å². The number of hydrogen-bond acceptors (Lipinski definition) is 3. The maximum atomic E-state index is 12.7. The van der Waals surface area contributed by atoms with Gasteiger partial charge in [-0.3, -0.25) is 0 Å². The summed E-state index contributed by atoms with van der Waals surface area (Å²) in [5.41, 5.74) is 0. The molecule has 0 aliphatic heterocycles. The van der Waals surface area contributed by atoms with E-state index in [1.807, 2.05) is 18.2 Å². The minimum absolute atomic E-state index is 0.201. The number of nitrogens with zero attached hydrogens (tertiary/aromatic N) is 2. The normalized spacial score (nSPS) is 10.0. The zero-order valence-corrected chi connectivity index (χ0v) is 9.68. The molecule has 1 aromatic heterocycles.